The van der Waals surface area contributed by atoms with Crippen molar-refractivity contribution in [2.45, 2.75) is 13.3 Å². The summed E-state index contributed by atoms with van der Waals surface area (Å²) in [5.41, 5.74) is 0.880. The average Bonchev–Trinajstić information content (AvgIpc) is 2.37. The van der Waals surface area contributed by atoms with Crippen molar-refractivity contribution < 1.29 is 14.7 Å². The lowest BCUT2D eigenvalue weighted by atomic mass is 10.2. The molecule has 0 atom stereocenters. The summed E-state index contributed by atoms with van der Waals surface area (Å²) in [7, 11) is 5.07. The van der Waals surface area contributed by atoms with E-state index in [1.165, 1.54) is 11.0 Å². The molecular formula is C13H19N3O3. The van der Waals surface area contributed by atoms with E-state index in [-0.39, 0.29) is 18.0 Å². The monoisotopic (exact) mass is 265 g/mol. The van der Waals surface area contributed by atoms with Gasteiger partial charge in [0.25, 0.3) is 0 Å². The van der Waals surface area contributed by atoms with Gasteiger partial charge in [-0.3, -0.25) is 4.79 Å². The number of carbonyl (C=O) groups excluding carboxylic acids is 1. The van der Waals surface area contributed by atoms with Crippen LogP contribution < -0.4 is 4.90 Å². The zero-order chi connectivity index (χ0) is 14.6. The number of aromatic nitrogens is 1. The molecule has 0 aliphatic heterocycles. The number of amides is 1. The molecule has 1 amide bonds. The van der Waals surface area contributed by atoms with Crippen molar-refractivity contribution in [3.8, 4) is 0 Å². The molecule has 1 rings (SSSR count). The fraction of sp³-hybridized carbons (Fsp3) is 0.462. The minimum absolute atomic E-state index is 0.0666. The molecule has 1 heterocycles. The molecule has 0 unspecified atom stereocenters. The zero-order valence-electron chi connectivity index (χ0n) is 11.7. The van der Waals surface area contributed by atoms with Crippen LogP contribution in [0.25, 0.3) is 0 Å². The van der Waals surface area contributed by atoms with E-state index in [0.29, 0.717) is 17.9 Å². The topological polar surface area (TPSA) is 73.7 Å². The fourth-order valence-electron chi connectivity index (χ4n) is 1.50. The summed E-state index contributed by atoms with van der Waals surface area (Å²) < 4.78 is 0. The number of hydrogen-bond donors (Lipinski definition) is 1. The number of aromatic carboxylic acids is 1. The summed E-state index contributed by atoms with van der Waals surface area (Å²) in [5.74, 6) is -0.569. The molecule has 0 aliphatic rings. The Morgan fingerprint density at radius 3 is 2.37 bits per heavy atom. The molecule has 0 fully saturated rings. The maximum absolute atomic E-state index is 11.6. The first-order valence-corrected chi connectivity index (χ1v) is 6.00. The molecule has 0 saturated heterocycles. The summed E-state index contributed by atoms with van der Waals surface area (Å²) in [4.78, 5) is 30.2. The molecule has 1 aromatic heterocycles. The molecule has 1 N–H and O–H groups in total. The lowest BCUT2D eigenvalue weighted by molar-refractivity contribution is -0.127. The minimum Gasteiger partial charge on any atom is -0.478 e. The maximum atomic E-state index is 11.6. The van der Waals surface area contributed by atoms with Crippen molar-refractivity contribution in [3.05, 3.63) is 23.4 Å². The molecule has 0 radical (unpaired) electrons. The van der Waals surface area contributed by atoms with Gasteiger partial charge in [0, 0.05) is 26.8 Å². The van der Waals surface area contributed by atoms with Gasteiger partial charge in [0.05, 0.1) is 12.1 Å². The molecule has 0 saturated carbocycles. The van der Waals surface area contributed by atoms with Crippen molar-refractivity contribution >= 4 is 17.7 Å². The number of rotatable bonds is 5. The SMILES string of the molecule is CCc1cc(C(=O)O)cc(N(C)CC(=O)N(C)C)n1. The molecule has 19 heavy (non-hydrogen) atoms. The Kier molecular flexibility index (Phi) is 4.86. The van der Waals surface area contributed by atoms with Gasteiger partial charge < -0.3 is 14.9 Å². The highest BCUT2D eigenvalue weighted by Gasteiger charge is 2.14. The van der Waals surface area contributed by atoms with Gasteiger partial charge in [0.2, 0.25) is 5.91 Å². The molecule has 6 nitrogen and oxygen atoms in total. The van der Waals surface area contributed by atoms with Crippen molar-refractivity contribution in [2.75, 3.05) is 32.6 Å². The molecule has 0 bridgehead atoms. The van der Waals surface area contributed by atoms with Gasteiger partial charge >= 0.3 is 5.97 Å². The predicted octanol–water partition coefficient (Wildman–Crippen LogP) is 0.867. The van der Waals surface area contributed by atoms with E-state index < -0.39 is 5.97 Å². The van der Waals surface area contributed by atoms with Crippen LogP contribution in [0.15, 0.2) is 12.1 Å². The van der Waals surface area contributed by atoms with E-state index >= 15 is 0 Å². The lowest BCUT2D eigenvalue weighted by Crippen LogP contribution is -2.34. The van der Waals surface area contributed by atoms with Gasteiger partial charge in [-0.15, -0.1) is 0 Å². The van der Waals surface area contributed by atoms with Crippen LogP contribution in [0.3, 0.4) is 0 Å². The van der Waals surface area contributed by atoms with Crippen molar-refractivity contribution in [1.29, 1.82) is 0 Å². The number of carboxylic acids is 1. The number of pyridine rings is 1. The summed E-state index contributed by atoms with van der Waals surface area (Å²) in [6, 6.07) is 3.03. The highest BCUT2D eigenvalue weighted by molar-refractivity contribution is 5.89. The smallest absolute Gasteiger partial charge is 0.335 e. The quantitative estimate of drug-likeness (QED) is 0.855. The van der Waals surface area contributed by atoms with Crippen LogP contribution >= 0.6 is 0 Å². The minimum atomic E-state index is -0.995. The van der Waals surface area contributed by atoms with Crippen molar-refractivity contribution in [3.63, 3.8) is 0 Å². The first-order chi connectivity index (χ1) is 8.85. The van der Waals surface area contributed by atoms with Crippen molar-refractivity contribution in [1.82, 2.24) is 9.88 Å². The van der Waals surface area contributed by atoms with Gasteiger partial charge in [-0.05, 0) is 18.6 Å². The summed E-state index contributed by atoms with van der Waals surface area (Å²) in [6.45, 7) is 2.06. The lowest BCUT2D eigenvalue weighted by Gasteiger charge is -2.21. The summed E-state index contributed by atoms with van der Waals surface area (Å²) >= 11 is 0. The number of hydrogen-bond acceptors (Lipinski definition) is 4. The van der Waals surface area contributed by atoms with E-state index in [0.717, 1.165) is 0 Å². The Hall–Kier alpha value is -2.11. The molecule has 0 spiro atoms. The molecule has 104 valence electrons. The largest absolute Gasteiger partial charge is 0.478 e. The summed E-state index contributed by atoms with van der Waals surface area (Å²) in [6.07, 6.45) is 0.642. The Bertz CT molecular complexity index is 486. The number of carboxylic acid groups (broad SMARTS) is 1. The normalized spacial score (nSPS) is 10.1. The number of nitrogens with zero attached hydrogens (tertiary/aromatic N) is 3. The first kappa shape index (κ1) is 14.9. The van der Waals surface area contributed by atoms with Crippen LogP contribution in [0.1, 0.15) is 23.0 Å². The average molecular weight is 265 g/mol. The van der Waals surface area contributed by atoms with E-state index in [2.05, 4.69) is 4.98 Å². The van der Waals surface area contributed by atoms with E-state index in [1.807, 2.05) is 6.92 Å². The van der Waals surface area contributed by atoms with Crippen LogP contribution in [-0.2, 0) is 11.2 Å². The third-order valence-corrected chi connectivity index (χ3v) is 2.74. The van der Waals surface area contributed by atoms with Gasteiger partial charge in [-0.1, -0.05) is 6.92 Å². The molecule has 1 aromatic rings. The Balaban J connectivity index is 3.01. The van der Waals surface area contributed by atoms with Crippen molar-refractivity contribution in [2.24, 2.45) is 0 Å². The second-order valence-electron chi connectivity index (χ2n) is 4.51. The fourth-order valence-corrected chi connectivity index (χ4v) is 1.50. The molecule has 0 aromatic carbocycles. The first-order valence-electron chi connectivity index (χ1n) is 6.00. The Labute approximate surface area is 112 Å². The molecular weight excluding hydrogens is 246 g/mol. The van der Waals surface area contributed by atoms with Crippen LogP contribution in [0, 0.1) is 0 Å². The highest BCUT2D eigenvalue weighted by Crippen LogP contribution is 2.14. The van der Waals surface area contributed by atoms with Crippen LogP contribution in [0.5, 0.6) is 0 Å². The molecule has 6 heteroatoms. The predicted molar refractivity (Wildman–Crippen MR) is 72.5 cm³/mol. The Morgan fingerprint density at radius 2 is 1.89 bits per heavy atom. The van der Waals surface area contributed by atoms with E-state index in [1.54, 1.807) is 32.1 Å². The number of likely N-dealkylation sites (N-methyl/N-ethyl adjacent to an activating group) is 2. The van der Waals surface area contributed by atoms with E-state index in [4.69, 9.17) is 5.11 Å². The summed E-state index contributed by atoms with van der Waals surface area (Å²) in [5, 5.41) is 9.06. The standard InChI is InChI=1S/C13H19N3O3/c1-5-10-6-9(13(18)19)7-11(14-10)16(4)8-12(17)15(2)3/h6-7H,5,8H2,1-4H3,(H,18,19). The third kappa shape index (κ3) is 3.94. The van der Waals surface area contributed by atoms with Crippen LogP contribution in [-0.4, -0.2) is 54.6 Å². The number of aryl methyl sites for hydroxylation is 1. The second-order valence-corrected chi connectivity index (χ2v) is 4.51. The maximum Gasteiger partial charge on any atom is 0.335 e. The van der Waals surface area contributed by atoms with Gasteiger partial charge in [-0.25, -0.2) is 9.78 Å². The molecule has 0 aliphatic carbocycles. The van der Waals surface area contributed by atoms with Gasteiger partial charge in [-0.2, -0.15) is 0 Å². The number of carbonyl (C=O) groups is 2. The second kappa shape index (κ2) is 6.17. The van der Waals surface area contributed by atoms with E-state index in [9.17, 15) is 9.59 Å². The zero-order valence-corrected chi connectivity index (χ0v) is 11.7. The number of anilines is 1. The third-order valence-electron chi connectivity index (χ3n) is 2.74. The van der Waals surface area contributed by atoms with Gasteiger partial charge in [0.1, 0.15) is 5.82 Å². The highest BCUT2D eigenvalue weighted by atomic mass is 16.4. The Morgan fingerprint density at radius 1 is 1.26 bits per heavy atom. The van der Waals surface area contributed by atoms with Crippen LogP contribution in [0.4, 0.5) is 5.82 Å². The van der Waals surface area contributed by atoms with Crippen LogP contribution in [0.2, 0.25) is 0 Å². The van der Waals surface area contributed by atoms with Gasteiger partial charge in [0.15, 0.2) is 0 Å².